The first kappa shape index (κ1) is 26.8. The highest BCUT2D eigenvalue weighted by Gasteiger charge is 2.25. The largest absolute Gasteiger partial charge is 0.309 e. The molecule has 48 heavy (non-hydrogen) atoms. The zero-order chi connectivity index (χ0) is 31.6. The van der Waals surface area contributed by atoms with Gasteiger partial charge in [-0.25, -0.2) is 0 Å². The van der Waals surface area contributed by atoms with E-state index >= 15 is 0 Å². The number of para-hydroxylation sites is 3. The fourth-order valence-corrected chi connectivity index (χ4v) is 7.88. The first-order valence-corrected chi connectivity index (χ1v) is 16.5. The van der Waals surface area contributed by atoms with Gasteiger partial charge >= 0.3 is 0 Å². The lowest BCUT2D eigenvalue weighted by molar-refractivity contribution is 1.18. The van der Waals surface area contributed by atoms with E-state index in [1.165, 1.54) is 65.3 Å². The summed E-state index contributed by atoms with van der Waals surface area (Å²) in [5.74, 6) is 0. The lowest BCUT2D eigenvalue weighted by Crippen LogP contribution is -2.12. The lowest BCUT2D eigenvalue weighted by atomic mass is 9.92. The first-order chi connectivity index (χ1) is 23.8. The minimum Gasteiger partial charge on any atom is -0.309 e. The third kappa shape index (κ3) is 3.93. The molecule has 10 aromatic rings. The van der Waals surface area contributed by atoms with Gasteiger partial charge in [0.2, 0.25) is 0 Å². The van der Waals surface area contributed by atoms with Gasteiger partial charge in [-0.3, -0.25) is 0 Å². The van der Waals surface area contributed by atoms with Crippen LogP contribution in [0.2, 0.25) is 0 Å². The number of hydrogen-bond donors (Lipinski definition) is 0. The van der Waals surface area contributed by atoms with Crippen LogP contribution in [0.3, 0.4) is 0 Å². The second kappa shape index (κ2) is 10.6. The van der Waals surface area contributed by atoms with Crippen molar-refractivity contribution in [1.29, 1.82) is 0 Å². The Kier molecular flexibility index (Phi) is 5.91. The van der Waals surface area contributed by atoms with Crippen LogP contribution in [0, 0.1) is 0 Å². The van der Waals surface area contributed by atoms with E-state index in [4.69, 9.17) is 0 Å². The Bertz CT molecular complexity index is 2760. The highest BCUT2D eigenvalue weighted by molar-refractivity contribution is 6.26. The average molecular weight is 611 g/mol. The van der Waals surface area contributed by atoms with Gasteiger partial charge in [0.05, 0.1) is 28.1 Å². The summed E-state index contributed by atoms with van der Waals surface area (Å²) in [7, 11) is 0. The van der Waals surface area contributed by atoms with E-state index in [1.54, 1.807) is 0 Å². The molecule has 0 bridgehead atoms. The summed E-state index contributed by atoms with van der Waals surface area (Å²) in [6.07, 6.45) is 0. The summed E-state index contributed by atoms with van der Waals surface area (Å²) < 4.78 is 2.40. The zero-order valence-electron chi connectivity index (χ0n) is 26.2. The van der Waals surface area contributed by atoms with Crippen molar-refractivity contribution in [2.24, 2.45) is 0 Å². The topological polar surface area (TPSA) is 8.17 Å². The normalized spacial score (nSPS) is 11.8. The summed E-state index contributed by atoms with van der Waals surface area (Å²) in [4.78, 5) is 2.51. The molecule has 224 valence electrons. The van der Waals surface area contributed by atoms with Crippen LogP contribution >= 0.6 is 0 Å². The van der Waals surface area contributed by atoms with E-state index in [9.17, 15) is 0 Å². The van der Waals surface area contributed by atoms with Crippen LogP contribution in [0.1, 0.15) is 0 Å². The average Bonchev–Trinajstić information content (AvgIpc) is 3.50. The number of nitrogens with zero attached hydrogens (tertiary/aromatic N) is 2. The highest BCUT2D eigenvalue weighted by Crippen LogP contribution is 2.49. The summed E-state index contributed by atoms with van der Waals surface area (Å²) in [6, 6.07) is 66.3. The smallest absolute Gasteiger partial charge is 0.0562 e. The Labute approximate surface area is 278 Å². The van der Waals surface area contributed by atoms with Crippen LogP contribution in [0.15, 0.2) is 182 Å². The third-order valence-corrected chi connectivity index (χ3v) is 9.91. The second-order valence-electron chi connectivity index (χ2n) is 12.5. The van der Waals surface area contributed by atoms with E-state index in [0.717, 1.165) is 22.7 Å². The van der Waals surface area contributed by atoms with Crippen molar-refractivity contribution in [3.8, 4) is 16.8 Å². The van der Waals surface area contributed by atoms with Crippen molar-refractivity contribution in [2.45, 2.75) is 0 Å². The van der Waals surface area contributed by atoms with E-state index in [2.05, 4.69) is 191 Å². The summed E-state index contributed by atoms with van der Waals surface area (Å²) in [6.45, 7) is 0. The van der Waals surface area contributed by atoms with Crippen molar-refractivity contribution in [3.05, 3.63) is 182 Å². The molecule has 0 aliphatic carbocycles. The van der Waals surface area contributed by atoms with Crippen LogP contribution in [-0.4, -0.2) is 4.57 Å². The van der Waals surface area contributed by atoms with Crippen LogP contribution in [-0.2, 0) is 0 Å². The van der Waals surface area contributed by atoms with E-state index in [-0.39, 0.29) is 0 Å². The standard InChI is InChI=1S/C46H30N2/c1-3-13-31(14-4-1)36-19-7-9-21-39(36)48(41-30-28-34-26-25-32-15-11-16-33-27-29-38(41)45(34)44(32)33)43-24-12-23-42-46(43)37-20-8-10-22-40(37)47(42)35-17-5-2-6-18-35/h1-30H. The van der Waals surface area contributed by atoms with Crippen molar-refractivity contribution in [3.63, 3.8) is 0 Å². The molecule has 0 aliphatic heterocycles. The molecule has 0 radical (unpaired) electrons. The molecule has 0 fully saturated rings. The molecular formula is C46H30N2. The van der Waals surface area contributed by atoms with Crippen molar-refractivity contribution < 1.29 is 0 Å². The number of benzene rings is 9. The summed E-state index contributed by atoms with van der Waals surface area (Å²) in [5, 5.41) is 10.1. The summed E-state index contributed by atoms with van der Waals surface area (Å²) in [5.41, 5.74) is 9.35. The van der Waals surface area contributed by atoms with Gasteiger partial charge in [-0.15, -0.1) is 0 Å². The van der Waals surface area contributed by atoms with E-state index in [0.29, 0.717) is 0 Å². The molecule has 1 heterocycles. The van der Waals surface area contributed by atoms with Gasteiger partial charge in [0.25, 0.3) is 0 Å². The van der Waals surface area contributed by atoms with Crippen LogP contribution < -0.4 is 4.90 Å². The predicted molar refractivity (Wildman–Crippen MR) is 205 cm³/mol. The molecule has 0 aliphatic rings. The highest BCUT2D eigenvalue weighted by atomic mass is 15.2. The minimum atomic E-state index is 1.14. The Hall–Kier alpha value is -6.38. The van der Waals surface area contributed by atoms with Crippen molar-refractivity contribution in [2.75, 3.05) is 4.90 Å². The van der Waals surface area contributed by atoms with Crippen LogP contribution in [0.5, 0.6) is 0 Å². The zero-order valence-corrected chi connectivity index (χ0v) is 26.2. The van der Waals surface area contributed by atoms with Gasteiger partial charge in [-0.2, -0.15) is 0 Å². The number of rotatable bonds is 5. The minimum absolute atomic E-state index is 1.14. The molecule has 2 heteroatoms. The maximum Gasteiger partial charge on any atom is 0.0562 e. The molecule has 0 N–H and O–H groups in total. The first-order valence-electron chi connectivity index (χ1n) is 16.5. The van der Waals surface area contributed by atoms with Crippen molar-refractivity contribution >= 4 is 71.2 Å². The molecule has 0 saturated heterocycles. The number of fused-ring (bicyclic) bond motifs is 3. The Morgan fingerprint density at radius 2 is 0.938 bits per heavy atom. The Morgan fingerprint density at radius 3 is 1.77 bits per heavy atom. The fourth-order valence-electron chi connectivity index (χ4n) is 7.88. The fraction of sp³-hybridized carbons (Fsp3) is 0. The third-order valence-electron chi connectivity index (χ3n) is 9.91. The number of aromatic nitrogens is 1. The second-order valence-corrected chi connectivity index (χ2v) is 12.5. The Balaban J connectivity index is 1.36. The van der Waals surface area contributed by atoms with Gasteiger partial charge in [0, 0.05) is 27.4 Å². The predicted octanol–water partition coefficient (Wildman–Crippen LogP) is 12.8. The molecule has 10 rings (SSSR count). The molecule has 0 amide bonds. The monoisotopic (exact) mass is 610 g/mol. The van der Waals surface area contributed by atoms with Gasteiger partial charge in [-0.05, 0) is 75.0 Å². The molecule has 1 aromatic heterocycles. The van der Waals surface area contributed by atoms with Gasteiger partial charge in [0.15, 0.2) is 0 Å². The summed E-state index contributed by atoms with van der Waals surface area (Å²) >= 11 is 0. The lowest BCUT2D eigenvalue weighted by Gasteiger charge is -2.30. The molecule has 0 atom stereocenters. The molecule has 0 saturated carbocycles. The van der Waals surface area contributed by atoms with Crippen LogP contribution in [0.25, 0.3) is 70.9 Å². The number of anilines is 3. The molecule has 0 spiro atoms. The number of hydrogen-bond acceptors (Lipinski definition) is 1. The SMILES string of the molecule is c1ccc(-c2ccccc2N(c2ccc3ccc4cccc5ccc2c3c45)c2cccc3c2c2ccccc2n3-c2ccccc2)cc1. The molecule has 2 nitrogen and oxygen atoms in total. The maximum absolute atomic E-state index is 2.51. The van der Waals surface area contributed by atoms with Gasteiger partial charge < -0.3 is 9.47 Å². The van der Waals surface area contributed by atoms with Crippen LogP contribution in [0.4, 0.5) is 17.1 Å². The molecule has 0 unspecified atom stereocenters. The molecule has 9 aromatic carbocycles. The quantitative estimate of drug-likeness (QED) is 0.176. The van der Waals surface area contributed by atoms with Gasteiger partial charge in [0.1, 0.15) is 0 Å². The van der Waals surface area contributed by atoms with E-state index < -0.39 is 0 Å². The van der Waals surface area contributed by atoms with Crippen molar-refractivity contribution in [1.82, 2.24) is 4.57 Å². The Morgan fingerprint density at radius 1 is 0.333 bits per heavy atom. The van der Waals surface area contributed by atoms with Gasteiger partial charge in [-0.1, -0.05) is 140 Å². The van der Waals surface area contributed by atoms with E-state index in [1.807, 2.05) is 0 Å². The molecular weight excluding hydrogens is 581 g/mol. The maximum atomic E-state index is 2.51.